The normalized spacial score (nSPS) is 15.7. The summed E-state index contributed by atoms with van der Waals surface area (Å²) >= 11 is 0. The first-order valence-corrected chi connectivity index (χ1v) is 10.4. The molecule has 2 heterocycles. The molecule has 6 heteroatoms. The molecule has 0 aliphatic carbocycles. The molecule has 4 rings (SSSR count). The lowest BCUT2D eigenvalue weighted by molar-refractivity contribution is -0.116. The first-order valence-electron chi connectivity index (χ1n) is 10.4. The fourth-order valence-electron chi connectivity index (χ4n) is 3.93. The Labute approximate surface area is 172 Å². The van der Waals surface area contributed by atoms with E-state index in [1.165, 1.54) is 5.56 Å². The molecule has 0 unspecified atom stereocenters. The van der Waals surface area contributed by atoms with Gasteiger partial charge in [-0.15, -0.1) is 0 Å². The van der Waals surface area contributed by atoms with E-state index >= 15 is 0 Å². The number of hydrogen-bond acceptors (Lipinski definition) is 4. The third-order valence-corrected chi connectivity index (χ3v) is 5.56. The number of nitrogens with zero attached hydrogens (tertiary/aromatic N) is 4. The summed E-state index contributed by atoms with van der Waals surface area (Å²) in [6.07, 6.45) is 0.794. The van der Waals surface area contributed by atoms with Gasteiger partial charge in [0.05, 0.1) is 11.0 Å². The van der Waals surface area contributed by atoms with Crippen molar-refractivity contribution in [2.45, 2.75) is 26.4 Å². The minimum Gasteiger partial charge on any atom is -0.325 e. The van der Waals surface area contributed by atoms with Gasteiger partial charge >= 0.3 is 0 Å². The molecule has 0 atom stereocenters. The van der Waals surface area contributed by atoms with E-state index in [0.717, 1.165) is 61.7 Å². The topological polar surface area (TPSA) is 53.4 Å². The van der Waals surface area contributed by atoms with Gasteiger partial charge in [-0.2, -0.15) is 0 Å². The third kappa shape index (κ3) is 4.66. The summed E-state index contributed by atoms with van der Waals surface area (Å²) in [6.45, 7) is 7.64. The molecule has 0 saturated carbocycles. The zero-order chi connectivity index (χ0) is 20.2. The molecule has 1 aromatic heterocycles. The van der Waals surface area contributed by atoms with Crippen molar-refractivity contribution in [3.05, 3.63) is 59.9 Å². The first kappa shape index (κ1) is 19.6. The molecule has 6 nitrogen and oxygen atoms in total. The molecular weight excluding hydrogens is 362 g/mol. The number of fused-ring (bicyclic) bond motifs is 1. The van der Waals surface area contributed by atoms with Gasteiger partial charge in [-0.05, 0) is 36.9 Å². The fraction of sp³-hybridized carbons (Fsp3) is 0.391. The lowest BCUT2D eigenvalue weighted by Crippen LogP contribution is -2.43. The van der Waals surface area contributed by atoms with Gasteiger partial charge in [0.25, 0.3) is 0 Å². The van der Waals surface area contributed by atoms with Crippen molar-refractivity contribution in [3.63, 3.8) is 0 Å². The van der Waals surface area contributed by atoms with Crippen LogP contribution in [0.15, 0.2) is 48.5 Å². The highest BCUT2D eigenvalue weighted by Crippen LogP contribution is 2.18. The third-order valence-electron chi connectivity index (χ3n) is 5.56. The van der Waals surface area contributed by atoms with Crippen LogP contribution in [0.2, 0.25) is 0 Å². The highest BCUT2D eigenvalue weighted by molar-refractivity contribution is 5.91. The van der Waals surface area contributed by atoms with Crippen LogP contribution in [0.3, 0.4) is 0 Å². The maximum atomic E-state index is 12.8. The van der Waals surface area contributed by atoms with E-state index in [2.05, 4.69) is 46.2 Å². The summed E-state index contributed by atoms with van der Waals surface area (Å²) in [6, 6.07) is 16.2. The van der Waals surface area contributed by atoms with E-state index in [1.807, 2.05) is 41.0 Å². The van der Waals surface area contributed by atoms with Gasteiger partial charge in [0.2, 0.25) is 5.91 Å². The number of benzene rings is 2. The predicted molar refractivity (Wildman–Crippen MR) is 117 cm³/mol. The Balaban J connectivity index is 1.43. The van der Waals surface area contributed by atoms with Crippen LogP contribution in [0, 0.1) is 0 Å². The van der Waals surface area contributed by atoms with E-state index in [0.29, 0.717) is 0 Å². The summed E-state index contributed by atoms with van der Waals surface area (Å²) in [5.74, 6) is 0.907. The van der Waals surface area contributed by atoms with Gasteiger partial charge in [0, 0.05) is 44.8 Å². The van der Waals surface area contributed by atoms with E-state index in [9.17, 15) is 4.79 Å². The Morgan fingerprint density at radius 3 is 2.66 bits per heavy atom. The number of anilines is 1. The molecule has 1 N–H and O–H groups in total. The number of carbonyl (C=O) groups excluding carboxylic acids is 1. The number of para-hydroxylation sites is 2. The summed E-state index contributed by atoms with van der Waals surface area (Å²) < 4.78 is 2.01. The van der Waals surface area contributed by atoms with Crippen LogP contribution in [0.25, 0.3) is 11.0 Å². The second-order valence-electron chi connectivity index (χ2n) is 7.78. The number of rotatable bonds is 6. The van der Waals surface area contributed by atoms with Crippen LogP contribution >= 0.6 is 0 Å². The van der Waals surface area contributed by atoms with Gasteiger partial charge in [0.1, 0.15) is 12.4 Å². The Kier molecular flexibility index (Phi) is 5.92. The molecule has 1 amide bonds. The number of aryl methyl sites for hydroxylation is 1. The van der Waals surface area contributed by atoms with Crippen LogP contribution in [0.1, 0.15) is 18.3 Å². The fourth-order valence-corrected chi connectivity index (χ4v) is 3.93. The SMILES string of the molecule is CCc1nc2ccccc2n1CC(=O)Nc1cccc(CN2CCN(C)CC2)c1. The van der Waals surface area contributed by atoms with E-state index < -0.39 is 0 Å². The summed E-state index contributed by atoms with van der Waals surface area (Å²) in [5.41, 5.74) is 4.02. The number of likely N-dealkylation sites (N-methyl/N-ethyl adjacent to an activating group) is 1. The van der Waals surface area contributed by atoms with Crippen molar-refractivity contribution in [2.75, 3.05) is 38.5 Å². The number of amides is 1. The molecule has 0 spiro atoms. The molecule has 1 aliphatic heterocycles. The monoisotopic (exact) mass is 391 g/mol. The quantitative estimate of drug-likeness (QED) is 0.702. The van der Waals surface area contributed by atoms with Gasteiger partial charge in [-0.3, -0.25) is 9.69 Å². The van der Waals surface area contributed by atoms with Crippen LogP contribution in [0.5, 0.6) is 0 Å². The highest BCUT2D eigenvalue weighted by Gasteiger charge is 2.15. The summed E-state index contributed by atoms with van der Waals surface area (Å²) in [4.78, 5) is 22.2. The molecule has 1 aliphatic rings. The Morgan fingerprint density at radius 2 is 1.86 bits per heavy atom. The standard InChI is InChI=1S/C23H29N5O/c1-3-22-25-20-9-4-5-10-21(20)28(22)17-23(29)24-19-8-6-7-18(15-19)16-27-13-11-26(2)12-14-27/h4-10,15H,3,11-14,16-17H2,1-2H3,(H,24,29). The van der Waals surface area contributed by atoms with Gasteiger partial charge in [-0.1, -0.05) is 31.2 Å². The minimum atomic E-state index is -0.0281. The summed E-state index contributed by atoms with van der Waals surface area (Å²) in [5, 5.41) is 3.07. The van der Waals surface area contributed by atoms with Crippen LogP contribution in [-0.2, 0) is 24.3 Å². The largest absolute Gasteiger partial charge is 0.325 e. The molecular formula is C23H29N5O. The molecule has 29 heavy (non-hydrogen) atoms. The molecule has 0 bridgehead atoms. The molecule has 3 aromatic rings. The number of piperazine rings is 1. The van der Waals surface area contributed by atoms with Crippen LogP contribution in [-0.4, -0.2) is 58.5 Å². The van der Waals surface area contributed by atoms with E-state index in [1.54, 1.807) is 0 Å². The second-order valence-corrected chi connectivity index (χ2v) is 7.78. The number of nitrogens with one attached hydrogen (secondary N) is 1. The zero-order valence-corrected chi connectivity index (χ0v) is 17.3. The number of hydrogen-bond donors (Lipinski definition) is 1. The zero-order valence-electron chi connectivity index (χ0n) is 17.3. The van der Waals surface area contributed by atoms with Gasteiger partial charge in [-0.25, -0.2) is 4.98 Å². The average Bonchev–Trinajstić information content (AvgIpc) is 3.07. The van der Waals surface area contributed by atoms with Crippen molar-refractivity contribution < 1.29 is 4.79 Å². The van der Waals surface area contributed by atoms with Gasteiger partial charge < -0.3 is 14.8 Å². The minimum absolute atomic E-state index is 0.0281. The van der Waals surface area contributed by atoms with Crippen molar-refractivity contribution in [2.24, 2.45) is 0 Å². The Hall–Kier alpha value is -2.70. The number of carbonyl (C=O) groups is 1. The smallest absolute Gasteiger partial charge is 0.244 e. The maximum Gasteiger partial charge on any atom is 0.244 e. The summed E-state index contributed by atoms with van der Waals surface area (Å²) in [7, 11) is 2.17. The predicted octanol–water partition coefficient (Wildman–Crippen LogP) is 2.98. The highest BCUT2D eigenvalue weighted by atomic mass is 16.1. The number of aromatic nitrogens is 2. The maximum absolute atomic E-state index is 12.8. The molecule has 152 valence electrons. The molecule has 2 aromatic carbocycles. The van der Waals surface area contributed by atoms with Crippen molar-refractivity contribution in [3.8, 4) is 0 Å². The first-order chi connectivity index (χ1) is 14.1. The number of imidazole rings is 1. The van der Waals surface area contributed by atoms with Crippen LogP contribution in [0.4, 0.5) is 5.69 Å². The Morgan fingerprint density at radius 1 is 1.07 bits per heavy atom. The van der Waals surface area contributed by atoms with E-state index in [-0.39, 0.29) is 12.5 Å². The van der Waals surface area contributed by atoms with Crippen molar-refractivity contribution in [1.29, 1.82) is 0 Å². The molecule has 1 fully saturated rings. The van der Waals surface area contributed by atoms with Crippen molar-refractivity contribution >= 4 is 22.6 Å². The lowest BCUT2D eigenvalue weighted by Gasteiger charge is -2.32. The molecule has 1 saturated heterocycles. The van der Waals surface area contributed by atoms with Crippen molar-refractivity contribution in [1.82, 2.24) is 19.4 Å². The second kappa shape index (κ2) is 8.76. The lowest BCUT2D eigenvalue weighted by atomic mass is 10.1. The van der Waals surface area contributed by atoms with Gasteiger partial charge in [0.15, 0.2) is 0 Å². The van der Waals surface area contributed by atoms with E-state index in [4.69, 9.17) is 0 Å². The molecule has 0 radical (unpaired) electrons. The average molecular weight is 392 g/mol. The Bertz CT molecular complexity index is 988. The van der Waals surface area contributed by atoms with Crippen LogP contribution < -0.4 is 5.32 Å².